The minimum Gasteiger partial charge on any atom is -0.388 e. The minimum atomic E-state index is -3.08. The lowest BCUT2D eigenvalue weighted by Crippen LogP contribution is -2.47. The van der Waals surface area contributed by atoms with Crippen LogP contribution in [0.3, 0.4) is 0 Å². The number of nitrogens with one attached hydrogen (secondary N) is 2. The van der Waals surface area contributed by atoms with Gasteiger partial charge in [0, 0.05) is 38.4 Å². The molecule has 1 saturated heterocycles. The van der Waals surface area contributed by atoms with E-state index in [9.17, 15) is 8.42 Å². The van der Waals surface area contributed by atoms with E-state index in [1.54, 1.807) is 4.31 Å². The molecule has 1 atom stereocenters. The highest BCUT2D eigenvalue weighted by Crippen LogP contribution is 2.18. The Morgan fingerprint density at radius 3 is 2.81 bits per heavy atom. The second-order valence-corrected chi connectivity index (χ2v) is 7.73. The summed E-state index contributed by atoms with van der Waals surface area (Å²) in [5.41, 5.74) is 3.56. The molecule has 1 aliphatic rings. The van der Waals surface area contributed by atoms with E-state index in [4.69, 9.17) is 0 Å². The van der Waals surface area contributed by atoms with Crippen LogP contribution in [-0.2, 0) is 16.6 Å². The molecule has 0 aliphatic carbocycles. The highest BCUT2D eigenvalue weighted by atomic mass is 32.2. The van der Waals surface area contributed by atoms with Crippen LogP contribution in [0, 0.1) is 6.92 Å². The van der Waals surface area contributed by atoms with Gasteiger partial charge < -0.3 is 10.6 Å². The molecule has 118 valence electrons. The number of piperidine rings is 1. The molecule has 6 heteroatoms. The molecule has 1 aliphatic heterocycles. The van der Waals surface area contributed by atoms with Crippen molar-refractivity contribution in [3.8, 4) is 0 Å². The standard InChI is InChI=1S/C15H25N3O2S/c1-12-6-7-15(16-2)13(9-12)10-17-14-5-4-8-18(11-14)21(3,19)20/h6-7,9,14,16-17H,4-5,8,10-11H2,1-3H3. The van der Waals surface area contributed by atoms with Crippen molar-refractivity contribution >= 4 is 15.7 Å². The van der Waals surface area contributed by atoms with Crippen LogP contribution in [0.2, 0.25) is 0 Å². The Hall–Kier alpha value is -1.11. The Morgan fingerprint density at radius 2 is 2.14 bits per heavy atom. The molecule has 2 N–H and O–H groups in total. The third-order valence-electron chi connectivity index (χ3n) is 3.96. The predicted octanol–water partition coefficient (Wildman–Crippen LogP) is 1.55. The summed E-state index contributed by atoms with van der Waals surface area (Å²) in [6.45, 7) is 4.04. The van der Waals surface area contributed by atoms with Crippen LogP contribution in [0.25, 0.3) is 0 Å². The van der Waals surface area contributed by atoms with E-state index in [1.807, 2.05) is 7.05 Å². The number of hydrogen-bond acceptors (Lipinski definition) is 4. The van der Waals surface area contributed by atoms with Crippen molar-refractivity contribution in [1.82, 2.24) is 9.62 Å². The topological polar surface area (TPSA) is 61.4 Å². The lowest BCUT2D eigenvalue weighted by atomic mass is 10.1. The van der Waals surface area contributed by atoms with Crippen LogP contribution < -0.4 is 10.6 Å². The number of hydrogen-bond donors (Lipinski definition) is 2. The maximum absolute atomic E-state index is 11.6. The van der Waals surface area contributed by atoms with Gasteiger partial charge in [-0.15, -0.1) is 0 Å². The van der Waals surface area contributed by atoms with E-state index in [0.29, 0.717) is 13.1 Å². The number of rotatable bonds is 5. The van der Waals surface area contributed by atoms with Crippen molar-refractivity contribution < 1.29 is 8.42 Å². The van der Waals surface area contributed by atoms with Crippen LogP contribution >= 0.6 is 0 Å². The molecule has 0 spiro atoms. The molecule has 5 nitrogen and oxygen atoms in total. The summed E-state index contributed by atoms with van der Waals surface area (Å²) >= 11 is 0. The van der Waals surface area contributed by atoms with E-state index < -0.39 is 10.0 Å². The van der Waals surface area contributed by atoms with Gasteiger partial charge in [-0.25, -0.2) is 12.7 Å². The molecular weight excluding hydrogens is 286 g/mol. The Labute approximate surface area is 127 Å². The lowest BCUT2D eigenvalue weighted by molar-refractivity contribution is 0.284. The number of anilines is 1. The molecule has 0 bridgehead atoms. The monoisotopic (exact) mass is 311 g/mol. The Morgan fingerprint density at radius 1 is 1.38 bits per heavy atom. The highest BCUT2D eigenvalue weighted by Gasteiger charge is 2.25. The molecule has 1 fully saturated rings. The normalized spacial score (nSPS) is 20.4. The van der Waals surface area contributed by atoms with Crippen molar-refractivity contribution in [2.75, 3.05) is 31.7 Å². The van der Waals surface area contributed by atoms with Crippen LogP contribution in [0.4, 0.5) is 5.69 Å². The van der Waals surface area contributed by atoms with Crippen molar-refractivity contribution in [2.45, 2.75) is 32.4 Å². The maximum Gasteiger partial charge on any atom is 0.211 e. The molecule has 0 radical (unpaired) electrons. The summed E-state index contributed by atoms with van der Waals surface area (Å²) < 4.78 is 24.9. The van der Waals surface area contributed by atoms with Crippen LogP contribution in [0.1, 0.15) is 24.0 Å². The fraction of sp³-hybridized carbons (Fsp3) is 0.600. The van der Waals surface area contributed by atoms with Gasteiger partial charge in [0.15, 0.2) is 0 Å². The SMILES string of the molecule is CNc1ccc(C)cc1CNC1CCCN(S(C)(=O)=O)C1. The fourth-order valence-electron chi connectivity index (χ4n) is 2.78. The first kappa shape index (κ1) is 16.3. The van der Waals surface area contributed by atoms with E-state index in [1.165, 1.54) is 17.4 Å². The van der Waals surface area contributed by atoms with Gasteiger partial charge in [-0.3, -0.25) is 0 Å². The Bertz CT molecular complexity index is 587. The summed E-state index contributed by atoms with van der Waals surface area (Å²) in [4.78, 5) is 0. The quantitative estimate of drug-likeness (QED) is 0.866. The third-order valence-corrected chi connectivity index (χ3v) is 5.23. The minimum absolute atomic E-state index is 0.221. The van der Waals surface area contributed by atoms with E-state index in [0.717, 1.165) is 25.1 Å². The summed E-state index contributed by atoms with van der Waals surface area (Å²) in [5, 5.41) is 6.69. The molecule has 0 aromatic heterocycles. The van der Waals surface area contributed by atoms with Gasteiger partial charge in [-0.05, 0) is 31.4 Å². The molecule has 2 rings (SSSR count). The molecule has 1 unspecified atom stereocenters. The molecule has 21 heavy (non-hydrogen) atoms. The number of nitrogens with zero attached hydrogens (tertiary/aromatic N) is 1. The zero-order chi connectivity index (χ0) is 15.5. The zero-order valence-electron chi connectivity index (χ0n) is 13.0. The van der Waals surface area contributed by atoms with Crippen molar-refractivity contribution in [3.05, 3.63) is 29.3 Å². The van der Waals surface area contributed by atoms with Crippen molar-refractivity contribution in [3.63, 3.8) is 0 Å². The first-order valence-corrected chi connectivity index (χ1v) is 9.21. The van der Waals surface area contributed by atoms with Gasteiger partial charge in [0.05, 0.1) is 6.26 Å². The Balaban J connectivity index is 1.98. The summed E-state index contributed by atoms with van der Waals surface area (Å²) in [5.74, 6) is 0. The van der Waals surface area contributed by atoms with E-state index >= 15 is 0 Å². The first-order chi connectivity index (χ1) is 9.90. The second-order valence-electron chi connectivity index (χ2n) is 5.75. The lowest BCUT2D eigenvalue weighted by Gasteiger charge is -2.31. The van der Waals surface area contributed by atoms with Gasteiger partial charge in [0.25, 0.3) is 0 Å². The zero-order valence-corrected chi connectivity index (χ0v) is 13.8. The van der Waals surface area contributed by atoms with Crippen molar-refractivity contribution in [2.24, 2.45) is 0 Å². The van der Waals surface area contributed by atoms with Crippen LogP contribution in [-0.4, -0.2) is 45.2 Å². The van der Waals surface area contributed by atoms with Crippen molar-refractivity contribution in [1.29, 1.82) is 0 Å². The molecule has 1 aromatic rings. The fourth-order valence-corrected chi connectivity index (χ4v) is 3.69. The van der Waals surface area contributed by atoms with Gasteiger partial charge >= 0.3 is 0 Å². The van der Waals surface area contributed by atoms with Gasteiger partial charge in [-0.2, -0.15) is 0 Å². The average Bonchev–Trinajstić information content (AvgIpc) is 2.45. The van der Waals surface area contributed by atoms with E-state index in [2.05, 4.69) is 35.8 Å². The molecule has 0 saturated carbocycles. The maximum atomic E-state index is 11.6. The highest BCUT2D eigenvalue weighted by molar-refractivity contribution is 7.88. The summed E-state index contributed by atoms with van der Waals surface area (Å²) in [6, 6.07) is 6.55. The van der Waals surface area contributed by atoms with Gasteiger partial charge in [-0.1, -0.05) is 17.7 Å². The number of benzene rings is 1. The summed E-state index contributed by atoms with van der Waals surface area (Å²) in [6.07, 6.45) is 3.22. The van der Waals surface area contributed by atoms with Gasteiger partial charge in [0.1, 0.15) is 0 Å². The first-order valence-electron chi connectivity index (χ1n) is 7.36. The number of sulfonamides is 1. The number of aryl methyl sites for hydroxylation is 1. The molecule has 1 aromatic carbocycles. The molecule has 1 heterocycles. The third kappa shape index (κ3) is 4.43. The smallest absolute Gasteiger partial charge is 0.211 e. The average molecular weight is 311 g/mol. The largest absolute Gasteiger partial charge is 0.388 e. The van der Waals surface area contributed by atoms with Crippen LogP contribution in [0.5, 0.6) is 0 Å². The molecule has 0 amide bonds. The summed E-state index contributed by atoms with van der Waals surface area (Å²) in [7, 11) is -1.16. The predicted molar refractivity (Wildman–Crippen MR) is 87.0 cm³/mol. The Kier molecular flexibility index (Phi) is 5.24. The molecular formula is C15H25N3O2S. The second kappa shape index (κ2) is 6.77. The van der Waals surface area contributed by atoms with E-state index in [-0.39, 0.29) is 6.04 Å². The van der Waals surface area contributed by atoms with Gasteiger partial charge in [0.2, 0.25) is 10.0 Å². The van der Waals surface area contributed by atoms with Crippen LogP contribution in [0.15, 0.2) is 18.2 Å².